The fraction of sp³-hybridized carbons (Fsp3) is 0.138. The van der Waals surface area contributed by atoms with Crippen LogP contribution in [0.1, 0.15) is 47.6 Å². The van der Waals surface area contributed by atoms with Crippen LogP contribution in [0.15, 0.2) is 88.9 Å². The number of thiophene rings is 1. The van der Waals surface area contributed by atoms with Crippen molar-refractivity contribution in [2.45, 2.75) is 18.0 Å². The molecule has 1 aliphatic carbocycles. The Bertz CT molecular complexity index is 1550. The first-order valence-electron chi connectivity index (χ1n) is 11.6. The largest absolute Gasteiger partial charge is 0.469 e. The predicted octanol–water partition coefficient (Wildman–Crippen LogP) is 6.31. The number of halogens is 1. The first kappa shape index (κ1) is 21.5. The van der Waals surface area contributed by atoms with Gasteiger partial charge in [-0.05, 0) is 47.3 Å². The van der Waals surface area contributed by atoms with Crippen molar-refractivity contribution >= 4 is 52.1 Å². The van der Waals surface area contributed by atoms with E-state index in [4.69, 9.17) is 16.0 Å². The summed E-state index contributed by atoms with van der Waals surface area (Å²) in [4.78, 5) is 45.5. The molecule has 4 heterocycles. The number of rotatable bonds is 3. The zero-order valence-electron chi connectivity index (χ0n) is 18.8. The highest BCUT2D eigenvalue weighted by atomic mass is 35.5. The third-order valence-electron chi connectivity index (χ3n) is 7.65. The molecule has 0 saturated carbocycles. The quantitative estimate of drug-likeness (QED) is 0.238. The van der Waals surface area contributed by atoms with Crippen molar-refractivity contribution in [1.29, 1.82) is 0 Å². The van der Waals surface area contributed by atoms with Gasteiger partial charge in [0.2, 0.25) is 0 Å². The number of benzene rings is 2. The van der Waals surface area contributed by atoms with Gasteiger partial charge in [-0.15, -0.1) is 11.3 Å². The Kier molecular flexibility index (Phi) is 4.56. The summed E-state index contributed by atoms with van der Waals surface area (Å²) in [6, 6.07) is 18.0. The minimum atomic E-state index is -1.55. The second kappa shape index (κ2) is 7.63. The van der Waals surface area contributed by atoms with Crippen LogP contribution in [0, 0.1) is 5.41 Å². The molecule has 0 bridgehead atoms. The minimum absolute atomic E-state index is 0.152. The summed E-state index contributed by atoms with van der Waals surface area (Å²) in [6.07, 6.45) is 5.29. The van der Waals surface area contributed by atoms with Gasteiger partial charge < -0.3 is 9.32 Å². The van der Waals surface area contributed by atoms with Gasteiger partial charge in [0.05, 0.1) is 23.1 Å². The number of furan rings is 1. The van der Waals surface area contributed by atoms with Crippen LogP contribution in [0.5, 0.6) is 0 Å². The maximum atomic E-state index is 14.4. The molecule has 0 amide bonds. The first-order valence-corrected chi connectivity index (χ1v) is 12.8. The predicted molar refractivity (Wildman–Crippen MR) is 138 cm³/mol. The van der Waals surface area contributed by atoms with Crippen LogP contribution in [0.3, 0.4) is 0 Å². The summed E-state index contributed by atoms with van der Waals surface area (Å²) >= 11 is 7.64. The van der Waals surface area contributed by atoms with Crippen molar-refractivity contribution in [2.24, 2.45) is 5.41 Å². The molecule has 3 atom stereocenters. The van der Waals surface area contributed by atoms with Gasteiger partial charge in [-0.2, -0.15) is 0 Å². The lowest BCUT2D eigenvalue weighted by Gasteiger charge is -2.37. The average Bonchev–Trinajstić information content (AvgIpc) is 3.68. The van der Waals surface area contributed by atoms with Crippen LogP contribution in [-0.2, 0) is 0 Å². The van der Waals surface area contributed by atoms with Crippen LogP contribution in [-0.4, -0.2) is 29.4 Å². The molecule has 0 unspecified atom stereocenters. The molecular formula is C29H18ClNO4S. The number of carbonyl (C=O) groups is 3. The SMILES string of the molecule is O=C(c1cccs1)[C@H]1[C@H](c2ccco2)C2(C(=O)c3ccccc3C2=O)[C@H]2C=Cc3cc(Cl)ccc3N12. The van der Waals surface area contributed by atoms with Crippen molar-refractivity contribution in [3.8, 4) is 0 Å². The molecule has 5 nitrogen and oxygen atoms in total. The average molecular weight is 512 g/mol. The summed E-state index contributed by atoms with van der Waals surface area (Å²) in [6.45, 7) is 0. The van der Waals surface area contributed by atoms with Gasteiger partial charge in [0.1, 0.15) is 17.2 Å². The molecule has 0 N–H and O–H groups in total. The van der Waals surface area contributed by atoms with Crippen LogP contribution < -0.4 is 4.90 Å². The maximum absolute atomic E-state index is 14.4. The van der Waals surface area contributed by atoms with E-state index < -0.39 is 23.4 Å². The summed E-state index contributed by atoms with van der Waals surface area (Å²) in [5.41, 5.74) is 0.810. The number of fused-ring (bicyclic) bond motifs is 5. The van der Waals surface area contributed by atoms with E-state index in [0.29, 0.717) is 26.8 Å². The molecule has 176 valence electrons. The van der Waals surface area contributed by atoms with Crippen LogP contribution in [0.4, 0.5) is 5.69 Å². The molecule has 7 heteroatoms. The highest BCUT2D eigenvalue weighted by Crippen LogP contribution is 2.61. The lowest BCUT2D eigenvalue weighted by atomic mass is 9.66. The van der Waals surface area contributed by atoms with Crippen LogP contribution in [0.2, 0.25) is 5.02 Å². The second-order valence-corrected chi connectivity index (χ2v) is 10.7. The highest BCUT2D eigenvalue weighted by molar-refractivity contribution is 7.12. The van der Waals surface area contributed by atoms with Gasteiger partial charge >= 0.3 is 0 Å². The van der Waals surface area contributed by atoms with Crippen molar-refractivity contribution in [2.75, 3.05) is 4.90 Å². The highest BCUT2D eigenvalue weighted by Gasteiger charge is 2.72. The Hall–Kier alpha value is -3.74. The molecule has 2 aromatic heterocycles. The van der Waals surface area contributed by atoms with Gasteiger partial charge in [0.25, 0.3) is 0 Å². The van der Waals surface area contributed by atoms with Gasteiger partial charge in [-0.25, -0.2) is 0 Å². The van der Waals surface area contributed by atoms with E-state index in [-0.39, 0.29) is 17.3 Å². The van der Waals surface area contributed by atoms with Gasteiger partial charge in [-0.3, -0.25) is 14.4 Å². The number of hydrogen-bond acceptors (Lipinski definition) is 6. The van der Waals surface area contributed by atoms with E-state index in [2.05, 4.69) is 0 Å². The summed E-state index contributed by atoms with van der Waals surface area (Å²) in [5, 5.41) is 2.41. The minimum Gasteiger partial charge on any atom is -0.469 e. The fourth-order valence-corrected chi connectivity index (χ4v) is 7.17. The number of ketones is 3. The lowest BCUT2D eigenvalue weighted by molar-refractivity contribution is 0.0652. The van der Waals surface area contributed by atoms with E-state index >= 15 is 0 Å². The molecule has 7 rings (SSSR count). The molecule has 1 fully saturated rings. The Morgan fingerprint density at radius 2 is 1.75 bits per heavy atom. The summed E-state index contributed by atoms with van der Waals surface area (Å²) in [5.74, 6) is -1.09. The molecule has 0 radical (unpaired) electrons. The standard InChI is InChI=1S/C29H18ClNO4S/c30-17-10-11-20-16(15-17)9-12-23-29(27(33)18-5-1-2-6-19(18)28(29)34)24(21-7-3-13-35-21)25(31(20)23)26(32)22-8-4-14-36-22/h1-15,23-25H/t23-,24+,25-/m1/s1. The zero-order valence-corrected chi connectivity index (χ0v) is 20.3. The number of Topliss-reactive ketones (excluding diaryl/α,β-unsaturated/α-hetero) is 3. The molecule has 2 aliphatic heterocycles. The number of carbonyl (C=O) groups excluding carboxylic acids is 3. The maximum Gasteiger partial charge on any atom is 0.195 e. The van der Waals surface area contributed by atoms with Crippen molar-refractivity contribution < 1.29 is 18.8 Å². The number of anilines is 1. The number of hydrogen-bond donors (Lipinski definition) is 0. The van der Waals surface area contributed by atoms with E-state index in [1.165, 1.54) is 17.6 Å². The normalized spacial score (nSPS) is 23.1. The van der Waals surface area contributed by atoms with E-state index in [1.54, 1.807) is 48.5 Å². The first-order chi connectivity index (χ1) is 17.5. The topological polar surface area (TPSA) is 67.6 Å². The Morgan fingerprint density at radius 3 is 2.42 bits per heavy atom. The zero-order chi connectivity index (χ0) is 24.6. The lowest BCUT2D eigenvalue weighted by Crippen LogP contribution is -2.48. The van der Waals surface area contributed by atoms with Gasteiger partial charge in [0, 0.05) is 21.8 Å². The van der Waals surface area contributed by atoms with Crippen molar-refractivity contribution in [1.82, 2.24) is 0 Å². The molecule has 3 aliphatic rings. The number of nitrogens with zero attached hydrogens (tertiary/aromatic N) is 1. The Balaban J connectivity index is 1.55. The Labute approximate surface area is 215 Å². The third-order valence-corrected chi connectivity index (χ3v) is 8.77. The summed E-state index contributed by atoms with van der Waals surface area (Å²) < 4.78 is 5.89. The molecular weight excluding hydrogens is 494 g/mol. The van der Waals surface area contributed by atoms with Gasteiger partial charge in [-0.1, -0.05) is 54.1 Å². The molecule has 1 saturated heterocycles. The fourth-order valence-electron chi connectivity index (χ4n) is 6.29. The monoisotopic (exact) mass is 511 g/mol. The second-order valence-electron chi connectivity index (χ2n) is 9.27. The Morgan fingerprint density at radius 1 is 0.972 bits per heavy atom. The van der Waals surface area contributed by atoms with Crippen LogP contribution in [0.25, 0.3) is 6.08 Å². The van der Waals surface area contributed by atoms with E-state index in [9.17, 15) is 14.4 Å². The van der Waals surface area contributed by atoms with Gasteiger partial charge in [0.15, 0.2) is 17.3 Å². The van der Waals surface area contributed by atoms with Crippen LogP contribution >= 0.6 is 22.9 Å². The smallest absolute Gasteiger partial charge is 0.195 e. The molecule has 36 heavy (non-hydrogen) atoms. The molecule has 4 aromatic rings. The van der Waals surface area contributed by atoms with Crippen molar-refractivity contribution in [3.63, 3.8) is 0 Å². The summed E-state index contributed by atoms with van der Waals surface area (Å²) in [7, 11) is 0. The van der Waals surface area contributed by atoms with E-state index in [0.717, 1.165) is 11.3 Å². The molecule has 1 spiro atoms. The molecule has 2 aromatic carbocycles. The third kappa shape index (κ3) is 2.63. The van der Waals surface area contributed by atoms with Crippen molar-refractivity contribution in [3.05, 3.63) is 117 Å². The van der Waals surface area contributed by atoms with E-state index in [1.807, 2.05) is 40.6 Å².